The molecule has 1 aromatic rings. The van der Waals surface area contributed by atoms with Crippen molar-refractivity contribution >= 4 is 5.69 Å². The van der Waals surface area contributed by atoms with Crippen LogP contribution in [0.15, 0.2) is 17.1 Å². The van der Waals surface area contributed by atoms with Crippen molar-refractivity contribution in [3.05, 3.63) is 22.6 Å². The van der Waals surface area contributed by atoms with E-state index in [1.165, 1.54) is 17.5 Å². The number of aryl methyl sites for hydroxylation is 1. The zero-order chi connectivity index (χ0) is 13.1. The predicted molar refractivity (Wildman–Crippen MR) is 72.8 cm³/mol. The van der Waals surface area contributed by atoms with Crippen molar-refractivity contribution in [2.75, 3.05) is 19.0 Å². The molecule has 0 bridgehead atoms. The van der Waals surface area contributed by atoms with Crippen molar-refractivity contribution in [1.29, 1.82) is 0 Å². The van der Waals surface area contributed by atoms with Gasteiger partial charge in [0.1, 0.15) is 0 Å². The quantitative estimate of drug-likeness (QED) is 0.859. The third-order valence-corrected chi connectivity index (χ3v) is 3.80. The van der Waals surface area contributed by atoms with Gasteiger partial charge >= 0.3 is 0 Å². The molecule has 0 saturated heterocycles. The molecular weight excluding hydrogens is 228 g/mol. The highest BCUT2D eigenvalue weighted by molar-refractivity contribution is 5.40. The molecule has 100 valence electrons. The van der Waals surface area contributed by atoms with Gasteiger partial charge in [-0.2, -0.15) is 5.10 Å². The van der Waals surface area contributed by atoms with E-state index in [1.54, 1.807) is 12.3 Å². The molecule has 0 aromatic carbocycles. The normalized spacial score (nSPS) is 23.3. The molecular formula is C13H22N4O. The summed E-state index contributed by atoms with van der Waals surface area (Å²) in [7, 11) is 3.80. The molecule has 18 heavy (non-hydrogen) atoms. The van der Waals surface area contributed by atoms with Crippen LogP contribution < -0.4 is 16.2 Å². The summed E-state index contributed by atoms with van der Waals surface area (Å²) in [5.74, 6) is 0.548. The van der Waals surface area contributed by atoms with Gasteiger partial charge in [-0.1, -0.05) is 6.42 Å². The molecule has 1 aliphatic carbocycles. The summed E-state index contributed by atoms with van der Waals surface area (Å²) < 4.78 is 1.54. The van der Waals surface area contributed by atoms with E-state index in [4.69, 9.17) is 5.73 Å². The molecule has 1 aliphatic rings. The Hall–Kier alpha value is -1.36. The molecule has 1 saturated carbocycles. The van der Waals surface area contributed by atoms with Gasteiger partial charge in [-0.05, 0) is 25.2 Å². The first-order valence-electron chi connectivity index (χ1n) is 6.58. The van der Waals surface area contributed by atoms with Crippen LogP contribution in [0.4, 0.5) is 5.69 Å². The SMILES string of the molecule is CN(C)c1cnn(CCC2CCCC2N)c(=O)c1. The van der Waals surface area contributed by atoms with Crippen molar-refractivity contribution in [3.8, 4) is 0 Å². The van der Waals surface area contributed by atoms with Gasteiger partial charge < -0.3 is 10.6 Å². The number of aromatic nitrogens is 2. The number of anilines is 1. The lowest BCUT2D eigenvalue weighted by Gasteiger charge is -2.16. The van der Waals surface area contributed by atoms with Gasteiger partial charge in [0.05, 0.1) is 11.9 Å². The van der Waals surface area contributed by atoms with E-state index >= 15 is 0 Å². The Kier molecular flexibility index (Phi) is 4.01. The molecule has 2 N–H and O–H groups in total. The Labute approximate surface area is 108 Å². The van der Waals surface area contributed by atoms with E-state index in [-0.39, 0.29) is 5.56 Å². The Bertz CT molecular complexity index is 455. The number of hydrogen-bond donors (Lipinski definition) is 1. The minimum absolute atomic E-state index is 0.0345. The molecule has 2 rings (SSSR count). The average Bonchev–Trinajstić information content (AvgIpc) is 2.73. The molecule has 0 spiro atoms. The summed E-state index contributed by atoms with van der Waals surface area (Å²) in [6.07, 6.45) is 6.21. The monoisotopic (exact) mass is 250 g/mol. The Morgan fingerprint density at radius 1 is 1.50 bits per heavy atom. The van der Waals surface area contributed by atoms with E-state index in [0.717, 1.165) is 18.5 Å². The highest BCUT2D eigenvalue weighted by Crippen LogP contribution is 2.26. The van der Waals surface area contributed by atoms with Gasteiger partial charge in [0.15, 0.2) is 0 Å². The number of hydrogen-bond acceptors (Lipinski definition) is 4. The van der Waals surface area contributed by atoms with Crippen molar-refractivity contribution in [1.82, 2.24) is 9.78 Å². The molecule has 5 heteroatoms. The molecule has 1 heterocycles. The van der Waals surface area contributed by atoms with Crippen molar-refractivity contribution in [2.24, 2.45) is 11.7 Å². The standard InChI is InChI=1S/C13H22N4O/c1-16(2)11-8-13(18)17(15-9-11)7-6-10-4-3-5-12(10)14/h8-10,12H,3-7,14H2,1-2H3. The Balaban J connectivity index is 1.99. The van der Waals surface area contributed by atoms with Crippen LogP contribution in [-0.4, -0.2) is 29.9 Å². The Morgan fingerprint density at radius 2 is 2.28 bits per heavy atom. The molecule has 2 unspecified atom stereocenters. The summed E-state index contributed by atoms with van der Waals surface area (Å²) in [5, 5.41) is 4.21. The minimum Gasteiger partial charge on any atom is -0.376 e. The van der Waals surface area contributed by atoms with Gasteiger partial charge in [-0.3, -0.25) is 4.79 Å². The fourth-order valence-corrected chi connectivity index (χ4v) is 2.55. The summed E-state index contributed by atoms with van der Waals surface area (Å²) in [6, 6.07) is 1.93. The van der Waals surface area contributed by atoms with Gasteiger partial charge in [0.2, 0.25) is 0 Å². The fourth-order valence-electron chi connectivity index (χ4n) is 2.55. The van der Waals surface area contributed by atoms with Crippen LogP contribution in [0.1, 0.15) is 25.7 Å². The van der Waals surface area contributed by atoms with Gasteiger partial charge in [-0.15, -0.1) is 0 Å². The molecule has 2 atom stereocenters. The van der Waals surface area contributed by atoms with Crippen molar-refractivity contribution in [2.45, 2.75) is 38.3 Å². The van der Waals surface area contributed by atoms with Crippen molar-refractivity contribution < 1.29 is 0 Å². The maximum Gasteiger partial charge on any atom is 0.268 e. The van der Waals surface area contributed by atoms with Gasteiger partial charge in [0.25, 0.3) is 5.56 Å². The first kappa shape index (κ1) is 13.1. The molecule has 1 fully saturated rings. The van der Waals surface area contributed by atoms with Gasteiger partial charge in [0, 0.05) is 32.7 Å². The smallest absolute Gasteiger partial charge is 0.268 e. The number of nitrogens with zero attached hydrogens (tertiary/aromatic N) is 3. The summed E-state index contributed by atoms with van der Waals surface area (Å²) in [6.45, 7) is 0.672. The first-order valence-corrected chi connectivity index (χ1v) is 6.58. The van der Waals surface area contributed by atoms with E-state index in [2.05, 4.69) is 5.10 Å². The fraction of sp³-hybridized carbons (Fsp3) is 0.692. The molecule has 5 nitrogen and oxygen atoms in total. The second-order valence-electron chi connectivity index (χ2n) is 5.31. The van der Waals surface area contributed by atoms with Crippen LogP contribution in [0.2, 0.25) is 0 Å². The van der Waals surface area contributed by atoms with Crippen LogP contribution in [-0.2, 0) is 6.54 Å². The topological polar surface area (TPSA) is 64.2 Å². The van der Waals surface area contributed by atoms with E-state index in [0.29, 0.717) is 18.5 Å². The van der Waals surface area contributed by atoms with E-state index < -0.39 is 0 Å². The molecule has 1 aromatic heterocycles. The summed E-state index contributed by atoms with van der Waals surface area (Å²) in [5.41, 5.74) is 6.84. The number of rotatable bonds is 4. The van der Waals surface area contributed by atoms with Crippen molar-refractivity contribution in [3.63, 3.8) is 0 Å². The summed E-state index contributed by atoms with van der Waals surface area (Å²) >= 11 is 0. The lowest BCUT2D eigenvalue weighted by molar-refractivity contribution is 0.396. The molecule has 0 amide bonds. The maximum atomic E-state index is 11.9. The van der Waals surface area contributed by atoms with Gasteiger partial charge in [-0.25, -0.2) is 4.68 Å². The van der Waals surface area contributed by atoms with E-state index in [1.807, 2.05) is 19.0 Å². The van der Waals surface area contributed by atoms with Crippen LogP contribution in [0.5, 0.6) is 0 Å². The second kappa shape index (κ2) is 5.52. The van der Waals surface area contributed by atoms with Crippen LogP contribution >= 0.6 is 0 Å². The Morgan fingerprint density at radius 3 is 2.83 bits per heavy atom. The van der Waals surface area contributed by atoms with Crippen LogP contribution in [0.3, 0.4) is 0 Å². The lowest BCUT2D eigenvalue weighted by Crippen LogP contribution is -2.29. The number of nitrogens with two attached hydrogens (primary N) is 1. The second-order valence-corrected chi connectivity index (χ2v) is 5.31. The van der Waals surface area contributed by atoms with Crippen LogP contribution in [0, 0.1) is 5.92 Å². The average molecular weight is 250 g/mol. The van der Waals surface area contributed by atoms with E-state index in [9.17, 15) is 4.79 Å². The molecule has 0 radical (unpaired) electrons. The first-order chi connectivity index (χ1) is 8.58. The van der Waals surface area contributed by atoms with Crippen LogP contribution in [0.25, 0.3) is 0 Å². The zero-order valence-corrected chi connectivity index (χ0v) is 11.2. The molecule has 0 aliphatic heterocycles. The highest BCUT2D eigenvalue weighted by atomic mass is 16.1. The highest BCUT2D eigenvalue weighted by Gasteiger charge is 2.23. The summed E-state index contributed by atoms with van der Waals surface area (Å²) in [4.78, 5) is 13.8. The minimum atomic E-state index is -0.0345. The largest absolute Gasteiger partial charge is 0.376 e. The third kappa shape index (κ3) is 2.90. The lowest BCUT2D eigenvalue weighted by atomic mass is 10.0. The third-order valence-electron chi connectivity index (χ3n) is 3.80. The predicted octanol–water partition coefficient (Wildman–Crippen LogP) is 0.827. The zero-order valence-electron chi connectivity index (χ0n) is 11.2. The maximum absolute atomic E-state index is 11.9.